The molecule has 1 saturated heterocycles. The summed E-state index contributed by atoms with van der Waals surface area (Å²) in [6.45, 7) is 1.68. The number of sulfonamides is 1. The second kappa shape index (κ2) is 6.42. The molecule has 0 aromatic carbocycles. The van der Waals surface area contributed by atoms with Gasteiger partial charge in [0.15, 0.2) is 5.03 Å². The van der Waals surface area contributed by atoms with Crippen molar-refractivity contribution in [2.75, 3.05) is 20.2 Å². The van der Waals surface area contributed by atoms with E-state index in [0.717, 1.165) is 18.4 Å². The first-order valence-electron chi connectivity index (χ1n) is 6.32. The van der Waals surface area contributed by atoms with E-state index in [1.807, 2.05) is 7.05 Å². The highest BCUT2D eigenvalue weighted by atomic mass is 32.2. The second-order valence-corrected chi connectivity index (χ2v) is 6.24. The molecule has 1 aromatic heterocycles. The number of nitrogens with zero attached hydrogens (tertiary/aromatic N) is 1. The fourth-order valence-electron chi connectivity index (χ4n) is 1.96. The molecule has 1 aromatic rings. The summed E-state index contributed by atoms with van der Waals surface area (Å²) < 4.78 is 31.9. The minimum atomic E-state index is -3.54. The predicted molar refractivity (Wildman–Crippen MR) is 71.2 cm³/mol. The van der Waals surface area contributed by atoms with Crippen molar-refractivity contribution < 1.29 is 13.2 Å². The smallest absolute Gasteiger partial charge is 0.258 e. The van der Waals surface area contributed by atoms with Crippen molar-refractivity contribution in [2.24, 2.45) is 0 Å². The molecule has 7 heteroatoms. The largest absolute Gasteiger partial charge is 0.377 e. The Hall–Kier alpha value is -1.02. The van der Waals surface area contributed by atoms with Gasteiger partial charge in [-0.05, 0) is 31.5 Å². The van der Waals surface area contributed by atoms with Gasteiger partial charge in [0.2, 0.25) is 0 Å². The molecule has 1 unspecified atom stereocenters. The van der Waals surface area contributed by atoms with Crippen LogP contribution in [0.15, 0.2) is 23.4 Å². The summed E-state index contributed by atoms with van der Waals surface area (Å²) in [5.41, 5.74) is 0.945. The van der Waals surface area contributed by atoms with E-state index in [4.69, 9.17) is 4.74 Å². The zero-order valence-electron chi connectivity index (χ0n) is 10.9. The first kappa shape index (κ1) is 14.4. The number of hydrogen-bond donors (Lipinski definition) is 2. The molecule has 19 heavy (non-hydrogen) atoms. The summed E-state index contributed by atoms with van der Waals surface area (Å²) in [5, 5.41) is 3.03. The van der Waals surface area contributed by atoms with E-state index in [2.05, 4.69) is 15.0 Å². The van der Waals surface area contributed by atoms with Crippen molar-refractivity contribution in [3.63, 3.8) is 0 Å². The summed E-state index contributed by atoms with van der Waals surface area (Å²) in [6.07, 6.45) is 3.44. The van der Waals surface area contributed by atoms with E-state index in [1.165, 1.54) is 6.07 Å². The van der Waals surface area contributed by atoms with Crippen LogP contribution in [0, 0.1) is 0 Å². The quantitative estimate of drug-likeness (QED) is 0.783. The lowest BCUT2D eigenvalue weighted by molar-refractivity contribution is 0.114. The van der Waals surface area contributed by atoms with Crippen LogP contribution in [0.4, 0.5) is 0 Å². The average Bonchev–Trinajstić information content (AvgIpc) is 2.91. The van der Waals surface area contributed by atoms with Crippen LogP contribution in [0.25, 0.3) is 0 Å². The van der Waals surface area contributed by atoms with Crippen LogP contribution in [0.2, 0.25) is 0 Å². The predicted octanol–water partition coefficient (Wildman–Crippen LogP) is 0.258. The number of ether oxygens (including phenoxy) is 1. The molecule has 1 aliphatic rings. The Morgan fingerprint density at radius 2 is 2.32 bits per heavy atom. The average molecular weight is 285 g/mol. The van der Waals surface area contributed by atoms with Gasteiger partial charge in [-0.2, -0.15) is 0 Å². The van der Waals surface area contributed by atoms with E-state index in [0.29, 0.717) is 19.7 Å². The van der Waals surface area contributed by atoms with Gasteiger partial charge >= 0.3 is 0 Å². The van der Waals surface area contributed by atoms with Crippen LogP contribution in [0.5, 0.6) is 0 Å². The Labute approximate surface area is 113 Å². The topological polar surface area (TPSA) is 80.3 Å². The third-order valence-electron chi connectivity index (χ3n) is 2.98. The summed E-state index contributed by atoms with van der Waals surface area (Å²) in [7, 11) is -1.71. The lowest BCUT2D eigenvalue weighted by Gasteiger charge is -2.11. The molecule has 0 saturated carbocycles. The maximum absolute atomic E-state index is 12.0. The van der Waals surface area contributed by atoms with Crippen LogP contribution in [0.1, 0.15) is 18.4 Å². The molecular weight excluding hydrogens is 266 g/mol. The van der Waals surface area contributed by atoms with E-state index in [1.54, 1.807) is 12.3 Å². The van der Waals surface area contributed by atoms with Gasteiger partial charge in [-0.15, -0.1) is 0 Å². The van der Waals surface area contributed by atoms with Crippen LogP contribution >= 0.6 is 0 Å². The third kappa shape index (κ3) is 3.97. The molecule has 0 spiro atoms. The molecule has 0 aliphatic carbocycles. The van der Waals surface area contributed by atoms with Gasteiger partial charge in [0.05, 0.1) is 6.10 Å². The Morgan fingerprint density at radius 3 is 2.89 bits per heavy atom. The normalized spacial score (nSPS) is 19.7. The zero-order chi connectivity index (χ0) is 13.7. The van der Waals surface area contributed by atoms with Gasteiger partial charge in [0, 0.05) is 25.9 Å². The van der Waals surface area contributed by atoms with E-state index in [9.17, 15) is 8.42 Å². The number of nitrogens with one attached hydrogen (secondary N) is 2. The first-order chi connectivity index (χ1) is 9.12. The number of rotatable bonds is 6. The second-order valence-electron chi connectivity index (χ2n) is 4.52. The fourth-order valence-corrected chi connectivity index (χ4v) is 2.95. The van der Waals surface area contributed by atoms with E-state index in [-0.39, 0.29) is 11.1 Å². The highest BCUT2D eigenvalue weighted by molar-refractivity contribution is 7.89. The first-order valence-corrected chi connectivity index (χ1v) is 7.81. The molecule has 1 atom stereocenters. The van der Waals surface area contributed by atoms with E-state index >= 15 is 0 Å². The number of pyridine rings is 1. The highest BCUT2D eigenvalue weighted by Gasteiger charge is 2.20. The van der Waals surface area contributed by atoms with Crippen molar-refractivity contribution in [2.45, 2.75) is 30.5 Å². The van der Waals surface area contributed by atoms with Gasteiger partial charge in [0.1, 0.15) is 0 Å². The summed E-state index contributed by atoms with van der Waals surface area (Å²) in [4.78, 5) is 3.98. The van der Waals surface area contributed by atoms with Crippen LogP contribution in [0.3, 0.4) is 0 Å². The maximum Gasteiger partial charge on any atom is 0.258 e. The van der Waals surface area contributed by atoms with Gasteiger partial charge in [0.25, 0.3) is 10.0 Å². The van der Waals surface area contributed by atoms with Gasteiger partial charge in [-0.3, -0.25) is 0 Å². The molecule has 0 bridgehead atoms. The molecule has 1 aliphatic heterocycles. The van der Waals surface area contributed by atoms with Crippen LogP contribution in [-0.4, -0.2) is 39.7 Å². The van der Waals surface area contributed by atoms with Gasteiger partial charge < -0.3 is 10.1 Å². The number of hydrogen-bond acceptors (Lipinski definition) is 5. The molecule has 2 heterocycles. The molecule has 2 rings (SSSR count). The highest BCUT2D eigenvalue weighted by Crippen LogP contribution is 2.12. The molecule has 0 radical (unpaired) electrons. The van der Waals surface area contributed by atoms with Crippen molar-refractivity contribution in [1.29, 1.82) is 0 Å². The number of aromatic nitrogens is 1. The SMILES string of the molecule is CNCc1ccc(S(=O)(=O)NCC2CCCO2)nc1. The molecule has 2 N–H and O–H groups in total. The Morgan fingerprint density at radius 1 is 1.47 bits per heavy atom. The van der Waals surface area contributed by atoms with Crippen molar-refractivity contribution in [1.82, 2.24) is 15.0 Å². The molecule has 0 amide bonds. The maximum atomic E-state index is 12.0. The molecular formula is C12H19N3O3S. The Kier molecular flexibility index (Phi) is 4.87. The summed E-state index contributed by atoms with van der Waals surface area (Å²) >= 11 is 0. The Bertz CT molecular complexity index is 495. The monoisotopic (exact) mass is 285 g/mol. The summed E-state index contributed by atoms with van der Waals surface area (Å²) in [6, 6.07) is 3.27. The van der Waals surface area contributed by atoms with E-state index < -0.39 is 10.0 Å². The van der Waals surface area contributed by atoms with Crippen molar-refractivity contribution in [3.05, 3.63) is 23.9 Å². The van der Waals surface area contributed by atoms with Crippen molar-refractivity contribution in [3.8, 4) is 0 Å². The lowest BCUT2D eigenvalue weighted by atomic mass is 10.2. The van der Waals surface area contributed by atoms with Crippen LogP contribution < -0.4 is 10.0 Å². The summed E-state index contributed by atoms with van der Waals surface area (Å²) in [5.74, 6) is 0. The zero-order valence-corrected chi connectivity index (χ0v) is 11.7. The lowest BCUT2D eigenvalue weighted by Crippen LogP contribution is -2.32. The van der Waals surface area contributed by atoms with Crippen LogP contribution in [-0.2, 0) is 21.3 Å². The fraction of sp³-hybridized carbons (Fsp3) is 0.583. The Balaban J connectivity index is 1.97. The minimum absolute atomic E-state index is 0.0154. The molecule has 6 nitrogen and oxygen atoms in total. The van der Waals surface area contributed by atoms with Gasteiger partial charge in [-0.1, -0.05) is 6.07 Å². The third-order valence-corrected chi connectivity index (χ3v) is 4.32. The minimum Gasteiger partial charge on any atom is -0.377 e. The standard InChI is InChI=1S/C12H19N3O3S/c1-13-7-10-4-5-12(14-8-10)19(16,17)15-9-11-3-2-6-18-11/h4-5,8,11,13,15H,2-3,6-7,9H2,1H3. The van der Waals surface area contributed by atoms with Gasteiger partial charge in [-0.25, -0.2) is 18.1 Å². The molecule has 106 valence electrons. The molecule has 1 fully saturated rings. The van der Waals surface area contributed by atoms with Crippen molar-refractivity contribution >= 4 is 10.0 Å².